The highest BCUT2D eigenvalue weighted by Crippen LogP contribution is 2.34. The Kier molecular flexibility index (Phi) is 7.06. The van der Waals surface area contributed by atoms with Crippen molar-refractivity contribution in [2.45, 2.75) is 58.5 Å². The van der Waals surface area contributed by atoms with Gasteiger partial charge in [0, 0.05) is 37.4 Å². The number of hydrogen-bond acceptors (Lipinski definition) is 4. The van der Waals surface area contributed by atoms with Crippen LogP contribution in [-0.4, -0.2) is 56.7 Å². The number of rotatable bonds is 6. The Morgan fingerprint density at radius 1 is 1.10 bits per heavy atom. The highest BCUT2D eigenvalue weighted by molar-refractivity contribution is 6.07. The molecule has 168 valence electrons. The van der Waals surface area contributed by atoms with Crippen molar-refractivity contribution >= 4 is 24.3 Å². The highest BCUT2D eigenvalue weighted by atomic mass is 35.5. The number of hydrogen-bond donors (Lipinski definition) is 1. The highest BCUT2D eigenvalue weighted by Gasteiger charge is 2.53. The summed E-state index contributed by atoms with van der Waals surface area (Å²) < 4.78 is 2.01. The van der Waals surface area contributed by atoms with Crippen LogP contribution in [0, 0.1) is 13.8 Å². The van der Waals surface area contributed by atoms with Crippen molar-refractivity contribution in [1.82, 2.24) is 24.9 Å². The predicted octanol–water partition coefficient (Wildman–Crippen LogP) is 3.60. The second-order valence-corrected chi connectivity index (χ2v) is 8.47. The molecule has 1 N–H and O–H groups in total. The first kappa shape index (κ1) is 23.3. The summed E-state index contributed by atoms with van der Waals surface area (Å²) in [6, 6.07) is 9.95. The lowest BCUT2D eigenvalue weighted by Crippen LogP contribution is -2.56. The van der Waals surface area contributed by atoms with Crippen molar-refractivity contribution in [2.24, 2.45) is 0 Å². The van der Waals surface area contributed by atoms with Gasteiger partial charge in [0.1, 0.15) is 5.54 Å². The summed E-state index contributed by atoms with van der Waals surface area (Å²) in [5.74, 6) is -0.118. The lowest BCUT2D eigenvalue weighted by molar-refractivity contribution is -0.129. The first-order valence-electron chi connectivity index (χ1n) is 10.9. The van der Waals surface area contributed by atoms with Crippen molar-refractivity contribution in [3.8, 4) is 5.69 Å². The maximum absolute atomic E-state index is 12.7. The molecule has 3 amide bonds. The Morgan fingerprint density at radius 2 is 1.77 bits per heavy atom. The molecule has 2 aliphatic rings. The molecule has 7 nitrogen and oxygen atoms in total. The summed E-state index contributed by atoms with van der Waals surface area (Å²) in [5.41, 5.74) is 3.83. The third kappa shape index (κ3) is 4.21. The molecule has 0 radical (unpaired) electrons. The van der Waals surface area contributed by atoms with Gasteiger partial charge in [0.05, 0.1) is 11.4 Å². The average molecular weight is 446 g/mol. The summed E-state index contributed by atoms with van der Waals surface area (Å²) >= 11 is 0. The molecule has 0 atom stereocenters. The van der Waals surface area contributed by atoms with E-state index in [1.165, 1.54) is 5.56 Å². The van der Waals surface area contributed by atoms with Crippen LogP contribution in [-0.2, 0) is 11.3 Å². The number of carbonyl (C=O) groups excluding carboxylic acids is 2. The van der Waals surface area contributed by atoms with Gasteiger partial charge in [-0.15, -0.1) is 12.4 Å². The number of nitrogens with one attached hydrogen (secondary N) is 1. The molecule has 31 heavy (non-hydrogen) atoms. The summed E-state index contributed by atoms with van der Waals surface area (Å²) in [6.45, 7) is 9.32. The van der Waals surface area contributed by atoms with Crippen LogP contribution in [0.15, 0.2) is 30.3 Å². The zero-order valence-corrected chi connectivity index (χ0v) is 19.4. The fourth-order valence-corrected chi connectivity index (χ4v) is 4.76. The van der Waals surface area contributed by atoms with Gasteiger partial charge in [0.2, 0.25) is 0 Å². The molecule has 0 unspecified atom stereocenters. The number of unbranched alkanes of at least 4 members (excludes halogenated alkanes) is 1. The van der Waals surface area contributed by atoms with Gasteiger partial charge >= 0.3 is 6.03 Å². The number of carbonyl (C=O) groups is 2. The number of piperidine rings is 1. The Hall–Kier alpha value is -2.38. The van der Waals surface area contributed by atoms with Gasteiger partial charge in [0.15, 0.2) is 0 Å². The first-order chi connectivity index (χ1) is 14.5. The third-order valence-corrected chi connectivity index (χ3v) is 6.65. The number of urea groups is 1. The summed E-state index contributed by atoms with van der Waals surface area (Å²) in [4.78, 5) is 29.2. The molecule has 1 spiro atoms. The lowest BCUT2D eigenvalue weighted by atomic mass is 9.85. The minimum Gasteiger partial charge on any atom is -0.310 e. The number of benzene rings is 1. The van der Waals surface area contributed by atoms with E-state index in [-0.39, 0.29) is 24.3 Å². The maximum atomic E-state index is 12.7. The molecule has 4 rings (SSSR count). The van der Waals surface area contributed by atoms with E-state index in [0.29, 0.717) is 19.4 Å². The monoisotopic (exact) mass is 445 g/mol. The minimum absolute atomic E-state index is 0. The van der Waals surface area contributed by atoms with Crippen LogP contribution in [0.1, 0.15) is 49.6 Å². The van der Waals surface area contributed by atoms with Gasteiger partial charge < -0.3 is 4.90 Å². The fourth-order valence-electron chi connectivity index (χ4n) is 4.76. The largest absolute Gasteiger partial charge is 0.325 e. The van der Waals surface area contributed by atoms with Gasteiger partial charge in [-0.3, -0.25) is 15.0 Å². The number of halogens is 1. The summed E-state index contributed by atoms with van der Waals surface area (Å²) in [5, 5.41) is 7.31. The van der Waals surface area contributed by atoms with Gasteiger partial charge in [-0.25, -0.2) is 9.48 Å². The molecule has 2 saturated heterocycles. The molecular weight excluding hydrogens is 414 g/mol. The normalized spacial score (nSPS) is 18.4. The smallest absolute Gasteiger partial charge is 0.310 e. The number of para-hydroxylation sites is 1. The molecule has 0 saturated carbocycles. The molecule has 0 aliphatic carbocycles. The number of aryl methyl sites for hydroxylation is 1. The molecule has 1 aromatic heterocycles. The lowest BCUT2D eigenvalue weighted by Gasteiger charge is -2.42. The molecule has 3 heterocycles. The second kappa shape index (κ2) is 9.40. The number of nitrogens with zero attached hydrogens (tertiary/aromatic N) is 4. The quantitative estimate of drug-likeness (QED) is 0.689. The van der Waals surface area contributed by atoms with Gasteiger partial charge in [-0.2, -0.15) is 5.10 Å². The van der Waals surface area contributed by atoms with Crippen LogP contribution >= 0.6 is 12.4 Å². The van der Waals surface area contributed by atoms with Crippen molar-refractivity contribution in [1.29, 1.82) is 0 Å². The Morgan fingerprint density at radius 3 is 2.42 bits per heavy atom. The van der Waals surface area contributed by atoms with Crippen molar-refractivity contribution in [3.05, 3.63) is 47.3 Å². The van der Waals surface area contributed by atoms with Gasteiger partial charge in [-0.1, -0.05) is 31.5 Å². The molecule has 2 aromatic rings. The standard InChI is InChI=1S/C23H31N5O2.ClH/c1-4-5-13-27-22(30)24-21(29)23(27)11-14-26(15-12-23)16-20-17(2)25-28(18(20)3)19-9-7-6-8-10-19;/h6-10H,4-5,11-16H2,1-3H3,(H,24,29,30);1H. The average Bonchev–Trinajstić information content (AvgIpc) is 3.16. The molecular formula is C23H32ClN5O2. The van der Waals surface area contributed by atoms with E-state index in [4.69, 9.17) is 5.10 Å². The van der Waals surface area contributed by atoms with Crippen molar-refractivity contribution in [2.75, 3.05) is 19.6 Å². The van der Waals surface area contributed by atoms with E-state index in [9.17, 15) is 9.59 Å². The van der Waals surface area contributed by atoms with E-state index in [1.54, 1.807) is 4.90 Å². The van der Waals surface area contributed by atoms with Crippen LogP contribution in [0.3, 0.4) is 0 Å². The van der Waals surface area contributed by atoms with E-state index in [1.807, 2.05) is 22.9 Å². The summed E-state index contributed by atoms with van der Waals surface area (Å²) in [7, 11) is 0. The predicted molar refractivity (Wildman–Crippen MR) is 123 cm³/mol. The molecule has 2 fully saturated rings. The number of imide groups is 1. The van der Waals surface area contributed by atoms with Crippen molar-refractivity contribution < 1.29 is 9.59 Å². The van der Waals surface area contributed by atoms with Crippen LogP contribution in [0.4, 0.5) is 4.79 Å². The first-order valence-corrected chi connectivity index (χ1v) is 10.9. The Bertz CT molecular complexity index is 935. The number of aromatic nitrogens is 2. The fraction of sp³-hybridized carbons (Fsp3) is 0.522. The molecule has 1 aromatic carbocycles. The van der Waals surface area contributed by atoms with E-state index < -0.39 is 5.54 Å². The van der Waals surface area contributed by atoms with E-state index >= 15 is 0 Å². The van der Waals surface area contributed by atoms with Crippen LogP contribution in [0.25, 0.3) is 5.69 Å². The molecule has 0 bridgehead atoms. The number of likely N-dealkylation sites (tertiary alicyclic amines) is 1. The van der Waals surface area contributed by atoms with Crippen LogP contribution in [0.2, 0.25) is 0 Å². The van der Waals surface area contributed by atoms with E-state index in [2.05, 4.69) is 43.1 Å². The van der Waals surface area contributed by atoms with Gasteiger partial charge in [0.25, 0.3) is 5.91 Å². The topological polar surface area (TPSA) is 70.5 Å². The SMILES string of the molecule is CCCCN1C(=O)NC(=O)C12CCN(Cc1c(C)nn(-c3ccccc3)c1C)CC2.Cl. The zero-order valence-electron chi connectivity index (χ0n) is 18.6. The number of amides is 3. The minimum atomic E-state index is -0.666. The summed E-state index contributed by atoms with van der Waals surface area (Å²) in [6.07, 6.45) is 3.28. The zero-order chi connectivity index (χ0) is 21.3. The van der Waals surface area contributed by atoms with Crippen LogP contribution in [0.5, 0.6) is 0 Å². The molecule has 2 aliphatic heterocycles. The second-order valence-electron chi connectivity index (χ2n) is 8.47. The van der Waals surface area contributed by atoms with Crippen LogP contribution < -0.4 is 5.32 Å². The maximum Gasteiger partial charge on any atom is 0.325 e. The third-order valence-electron chi connectivity index (χ3n) is 6.65. The Labute approximate surface area is 190 Å². The Balaban J connectivity index is 0.00000272. The molecule has 8 heteroatoms. The van der Waals surface area contributed by atoms with Crippen molar-refractivity contribution in [3.63, 3.8) is 0 Å². The van der Waals surface area contributed by atoms with E-state index in [0.717, 1.165) is 49.6 Å². The van der Waals surface area contributed by atoms with Gasteiger partial charge in [-0.05, 0) is 45.2 Å².